The van der Waals surface area contributed by atoms with Gasteiger partial charge in [-0.1, -0.05) is 0 Å². The van der Waals surface area contributed by atoms with Crippen LogP contribution < -0.4 is 15.5 Å². The number of rotatable bonds is 4. The minimum absolute atomic E-state index is 0.439. The van der Waals surface area contributed by atoms with Crippen LogP contribution in [0.1, 0.15) is 6.92 Å². The first-order valence-electron chi connectivity index (χ1n) is 4.36. The number of aromatic nitrogens is 1. The maximum atomic E-state index is 5.67. The molecule has 1 heterocycles. The summed E-state index contributed by atoms with van der Waals surface area (Å²) in [5.74, 6) is 1.10. The largest absolute Gasteiger partial charge is 0.476 e. The predicted octanol–water partition coefficient (Wildman–Crippen LogP) is 1.06. The highest BCUT2D eigenvalue weighted by Gasteiger charge is 2.06. The minimum atomic E-state index is 0.439. The molecule has 5 heteroatoms. The van der Waals surface area contributed by atoms with Crippen molar-refractivity contribution in [1.82, 2.24) is 4.98 Å². The smallest absolute Gasteiger partial charge is 0.239 e. The van der Waals surface area contributed by atoms with E-state index in [1.54, 1.807) is 26.3 Å². The van der Waals surface area contributed by atoms with Gasteiger partial charge in [0.25, 0.3) is 0 Å². The van der Waals surface area contributed by atoms with Crippen molar-refractivity contribution < 1.29 is 9.57 Å². The van der Waals surface area contributed by atoms with Crippen molar-refractivity contribution in [2.45, 2.75) is 6.92 Å². The zero-order valence-electron chi connectivity index (χ0n) is 8.65. The summed E-state index contributed by atoms with van der Waals surface area (Å²) >= 11 is 0. The number of nitrogens with zero attached hydrogens (tertiary/aromatic N) is 2. The molecule has 0 saturated heterocycles. The molecule has 0 saturated carbocycles. The summed E-state index contributed by atoms with van der Waals surface area (Å²) in [5, 5.41) is 1.53. The first-order valence-corrected chi connectivity index (χ1v) is 4.36. The maximum absolute atomic E-state index is 5.67. The Balaban J connectivity index is 2.93. The minimum Gasteiger partial charge on any atom is -0.476 e. The van der Waals surface area contributed by atoms with Crippen LogP contribution in [0.4, 0.5) is 11.5 Å². The highest BCUT2D eigenvalue weighted by atomic mass is 16.7. The summed E-state index contributed by atoms with van der Waals surface area (Å²) in [6, 6.07) is 3.50. The van der Waals surface area contributed by atoms with Crippen LogP contribution in [-0.2, 0) is 4.84 Å². The fraction of sp³-hybridized carbons (Fsp3) is 0.444. The Morgan fingerprint density at radius 1 is 1.50 bits per heavy atom. The first kappa shape index (κ1) is 10.6. The highest BCUT2D eigenvalue weighted by molar-refractivity contribution is 5.53. The zero-order valence-corrected chi connectivity index (χ0v) is 8.65. The normalized spacial score (nSPS) is 9.93. The Labute approximate surface area is 83.4 Å². The zero-order chi connectivity index (χ0) is 10.6. The molecule has 0 radical (unpaired) electrons. The van der Waals surface area contributed by atoms with E-state index in [9.17, 15) is 0 Å². The van der Waals surface area contributed by atoms with Crippen LogP contribution in [0.25, 0.3) is 0 Å². The third-order valence-corrected chi connectivity index (χ3v) is 1.75. The molecule has 0 aliphatic rings. The van der Waals surface area contributed by atoms with Crippen molar-refractivity contribution >= 4 is 11.5 Å². The van der Waals surface area contributed by atoms with Crippen molar-refractivity contribution in [3.63, 3.8) is 0 Å². The summed E-state index contributed by atoms with van der Waals surface area (Å²) in [7, 11) is 3.33. The topological polar surface area (TPSA) is 60.6 Å². The van der Waals surface area contributed by atoms with Crippen molar-refractivity contribution in [1.29, 1.82) is 0 Å². The Morgan fingerprint density at radius 3 is 2.79 bits per heavy atom. The predicted molar refractivity (Wildman–Crippen MR) is 55.2 cm³/mol. The third kappa shape index (κ3) is 2.26. The number of hydrogen-bond acceptors (Lipinski definition) is 5. The van der Waals surface area contributed by atoms with E-state index >= 15 is 0 Å². The van der Waals surface area contributed by atoms with E-state index in [0.29, 0.717) is 24.0 Å². The van der Waals surface area contributed by atoms with Crippen LogP contribution in [0, 0.1) is 0 Å². The van der Waals surface area contributed by atoms with Gasteiger partial charge in [0.1, 0.15) is 0 Å². The average Bonchev–Trinajstić information content (AvgIpc) is 2.20. The first-order chi connectivity index (χ1) is 6.69. The summed E-state index contributed by atoms with van der Waals surface area (Å²) in [6.07, 6.45) is 0. The molecule has 0 bridgehead atoms. The van der Waals surface area contributed by atoms with Gasteiger partial charge in [0.15, 0.2) is 5.82 Å². The molecule has 1 rings (SSSR count). The fourth-order valence-corrected chi connectivity index (χ4v) is 0.963. The van der Waals surface area contributed by atoms with Crippen molar-refractivity contribution in [3.05, 3.63) is 12.1 Å². The number of anilines is 2. The molecule has 0 aliphatic carbocycles. The molecular weight excluding hydrogens is 182 g/mol. The summed E-state index contributed by atoms with van der Waals surface area (Å²) < 4.78 is 5.25. The van der Waals surface area contributed by atoms with Gasteiger partial charge in [0.05, 0.1) is 19.4 Å². The summed E-state index contributed by atoms with van der Waals surface area (Å²) in [6.45, 7) is 2.42. The van der Waals surface area contributed by atoms with Gasteiger partial charge in [-0.2, -0.15) is 4.98 Å². The van der Waals surface area contributed by atoms with E-state index in [-0.39, 0.29) is 0 Å². The quantitative estimate of drug-likeness (QED) is 0.731. The van der Waals surface area contributed by atoms with E-state index in [4.69, 9.17) is 15.3 Å². The van der Waals surface area contributed by atoms with Crippen LogP contribution >= 0.6 is 0 Å². The molecule has 2 N–H and O–H groups in total. The number of hydrogen-bond donors (Lipinski definition) is 1. The molecule has 14 heavy (non-hydrogen) atoms. The van der Waals surface area contributed by atoms with Gasteiger partial charge in [0, 0.05) is 7.05 Å². The summed E-state index contributed by atoms with van der Waals surface area (Å²) in [5.41, 5.74) is 6.20. The Kier molecular flexibility index (Phi) is 3.53. The number of ether oxygens (including phenoxy) is 1. The second kappa shape index (κ2) is 4.66. The molecule has 1 aromatic heterocycles. The molecule has 0 unspecified atom stereocenters. The molecule has 1 aromatic rings. The third-order valence-electron chi connectivity index (χ3n) is 1.75. The molecule has 0 aromatic carbocycles. The van der Waals surface area contributed by atoms with Gasteiger partial charge in [-0.05, 0) is 19.1 Å². The van der Waals surface area contributed by atoms with Gasteiger partial charge in [-0.15, -0.1) is 0 Å². The van der Waals surface area contributed by atoms with Crippen molar-refractivity contribution in [2.75, 3.05) is 31.6 Å². The lowest BCUT2D eigenvalue weighted by Gasteiger charge is -2.15. The molecule has 0 atom stereocenters. The number of nitrogens with two attached hydrogens (primary N) is 1. The van der Waals surface area contributed by atoms with Crippen LogP contribution in [0.15, 0.2) is 12.1 Å². The second-order valence-corrected chi connectivity index (χ2v) is 2.68. The van der Waals surface area contributed by atoms with Crippen LogP contribution in [-0.4, -0.2) is 25.7 Å². The van der Waals surface area contributed by atoms with E-state index in [1.807, 2.05) is 6.92 Å². The monoisotopic (exact) mass is 197 g/mol. The SMILES string of the molecule is CCOc1nc(N(C)OC)ccc1N. The Morgan fingerprint density at radius 2 is 2.21 bits per heavy atom. The molecule has 5 nitrogen and oxygen atoms in total. The lowest BCUT2D eigenvalue weighted by molar-refractivity contribution is 0.181. The number of pyridine rings is 1. The van der Waals surface area contributed by atoms with Crippen LogP contribution in [0.2, 0.25) is 0 Å². The highest BCUT2D eigenvalue weighted by Crippen LogP contribution is 2.22. The lowest BCUT2D eigenvalue weighted by Crippen LogP contribution is -2.16. The molecule has 0 spiro atoms. The average molecular weight is 197 g/mol. The number of hydroxylamine groups is 1. The van der Waals surface area contributed by atoms with Crippen molar-refractivity contribution in [3.8, 4) is 5.88 Å². The molecule has 0 fully saturated rings. The van der Waals surface area contributed by atoms with Gasteiger partial charge in [-0.3, -0.25) is 4.84 Å². The molecule has 78 valence electrons. The second-order valence-electron chi connectivity index (χ2n) is 2.68. The van der Waals surface area contributed by atoms with Crippen molar-refractivity contribution in [2.24, 2.45) is 0 Å². The van der Waals surface area contributed by atoms with Crippen LogP contribution in [0.5, 0.6) is 5.88 Å². The Bertz CT molecular complexity index is 304. The lowest BCUT2D eigenvalue weighted by atomic mass is 10.4. The standard InChI is InChI=1S/C9H15N3O2/c1-4-14-9-7(10)5-6-8(11-9)12(2)13-3/h5-6H,4,10H2,1-3H3. The maximum Gasteiger partial charge on any atom is 0.239 e. The van der Waals surface area contributed by atoms with E-state index in [2.05, 4.69) is 4.98 Å². The summed E-state index contributed by atoms with van der Waals surface area (Å²) in [4.78, 5) is 9.17. The van der Waals surface area contributed by atoms with E-state index in [0.717, 1.165) is 0 Å². The van der Waals surface area contributed by atoms with E-state index < -0.39 is 0 Å². The van der Waals surface area contributed by atoms with Gasteiger partial charge < -0.3 is 10.5 Å². The molecule has 0 amide bonds. The number of nitrogen functional groups attached to an aromatic ring is 1. The van der Waals surface area contributed by atoms with E-state index in [1.165, 1.54) is 5.06 Å². The Hall–Kier alpha value is -1.49. The van der Waals surface area contributed by atoms with Gasteiger partial charge in [0.2, 0.25) is 5.88 Å². The van der Waals surface area contributed by atoms with Gasteiger partial charge in [-0.25, -0.2) is 5.06 Å². The fourth-order valence-electron chi connectivity index (χ4n) is 0.963. The molecular formula is C9H15N3O2. The van der Waals surface area contributed by atoms with Crippen LogP contribution in [0.3, 0.4) is 0 Å². The molecule has 0 aliphatic heterocycles. The van der Waals surface area contributed by atoms with Gasteiger partial charge >= 0.3 is 0 Å².